The number of hydrogen-bond acceptors (Lipinski definition) is 2. The van der Waals surface area contributed by atoms with Gasteiger partial charge in [-0.2, -0.15) is 0 Å². The van der Waals surface area contributed by atoms with E-state index in [0.29, 0.717) is 6.04 Å². The van der Waals surface area contributed by atoms with E-state index in [-0.39, 0.29) is 0 Å². The molecular formula is C17H23N3. The van der Waals surface area contributed by atoms with Crippen molar-refractivity contribution in [3.63, 3.8) is 0 Å². The van der Waals surface area contributed by atoms with Gasteiger partial charge in [-0.15, -0.1) is 0 Å². The van der Waals surface area contributed by atoms with E-state index in [9.17, 15) is 0 Å². The van der Waals surface area contributed by atoms with Crippen molar-refractivity contribution in [2.75, 3.05) is 5.32 Å². The number of benzene rings is 1. The molecule has 0 aliphatic heterocycles. The van der Waals surface area contributed by atoms with Crippen LogP contribution < -0.4 is 5.32 Å². The molecule has 1 aliphatic rings. The first-order valence-electron chi connectivity index (χ1n) is 7.57. The summed E-state index contributed by atoms with van der Waals surface area (Å²) >= 11 is 0. The molecule has 1 fully saturated rings. The van der Waals surface area contributed by atoms with Crippen LogP contribution in [0.15, 0.2) is 30.5 Å². The van der Waals surface area contributed by atoms with Gasteiger partial charge in [0.15, 0.2) is 0 Å². The maximum atomic E-state index is 4.64. The van der Waals surface area contributed by atoms with E-state index in [1.165, 1.54) is 36.8 Å². The Morgan fingerprint density at radius 1 is 1.15 bits per heavy atom. The van der Waals surface area contributed by atoms with Gasteiger partial charge >= 0.3 is 0 Å². The van der Waals surface area contributed by atoms with Crippen LogP contribution in [-0.4, -0.2) is 9.55 Å². The van der Waals surface area contributed by atoms with Crippen molar-refractivity contribution in [2.45, 2.75) is 52.1 Å². The SMILES string of the molecule is Cc1ccc(CNc2nc(C)cn2C2CCCC2)cc1. The summed E-state index contributed by atoms with van der Waals surface area (Å²) in [6.45, 7) is 5.03. The minimum Gasteiger partial charge on any atom is -0.352 e. The van der Waals surface area contributed by atoms with Crippen LogP contribution in [0.3, 0.4) is 0 Å². The van der Waals surface area contributed by atoms with Gasteiger partial charge in [0, 0.05) is 18.8 Å². The smallest absolute Gasteiger partial charge is 0.203 e. The summed E-state index contributed by atoms with van der Waals surface area (Å²) in [5, 5.41) is 3.50. The van der Waals surface area contributed by atoms with Gasteiger partial charge in [0.2, 0.25) is 5.95 Å². The lowest BCUT2D eigenvalue weighted by Gasteiger charge is -2.15. The summed E-state index contributed by atoms with van der Waals surface area (Å²) in [6, 6.07) is 9.31. The second kappa shape index (κ2) is 5.70. The van der Waals surface area contributed by atoms with Crippen molar-refractivity contribution in [1.82, 2.24) is 9.55 Å². The molecule has 0 unspecified atom stereocenters. The highest BCUT2D eigenvalue weighted by Gasteiger charge is 2.19. The number of anilines is 1. The first kappa shape index (κ1) is 13.2. The molecule has 0 spiro atoms. The third kappa shape index (κ3) is 2.87. The Morgan fingerprint density at radius 3 is 2.55 bits per heavy atom. The maximum absolute atomic E-state index is 4.64. The van der Waals surface area contributed by atoms with Gasteiger partial charge in [-0.25, -0.2) is 4.98 Å². The standard InChI is InChI=1S/C17H23N3/c1-13-7-9-15(10-8-13)11-18-17-19-14(2)12-20(17)16-5-3-4-6-16/h7-10,12,16H,3-6,11H2,1-2H3,(H,18,19). The lowest BCUT2D eigenvalue weighted by molar-refractivity contribution is 0.522. The van der Waals surface area contributed by atoms with Crippen molar-refractivity contribution >= 4 is 5.95 Å². The predicted octanol–water partition coefficient (Wildman–Crippen LogP) is 4.23. The molecule has 1 aliphatic carbocycles. The van der Waals surface area contributed by atoms with Crippen LogP contribution in [-0.2, 0) is 6.54 Å². The Labute approximate surface area is 121 Å². The first-order chi connectivity index (χ1) is 9.72. The van der Waals surface area contributed by atoms with E-state index in [4.69, 9.17) is 0 Å². The monoisotopic (exact) mass is 269 g/mol. The third-order valence-electron chi connectivity index (χ3n) is 4.14. The number of hydrogen-bond donors (Lipinski definition) is 1. The number of rotatable bonds is 4. The maximum Gasteiger partial charge on any atom is 0.203 e. The molecule has 0 radical (unpaired) electrons. The van der Waals surface area contributed by atoms with Gasteiger partial charge < -0.3 is 9.88 Å². The zero-order valence-corrected chi connectivity index (χ0v) is 12.4. The molecular weight excluding hydrogens is 246 g/mol. The normalized spacial score (nSPS) is 15.7. The van der Waals surface area contributed by atoms with Crippen LogP contribution in [0.4, 0.5) is 5.95 Å². The van der Waals surface area contributed by atoms with Crippen molar-refractivity contribution in [1.29, 1.82) is 0 Å². The van der Waals surface area contributed by atoms with Gasteiger partial charge in [-0.1, -0.05) is 42.7 Å². The Bertz CT molecular complexity index is 562. The largest absolute Gasteiger partial charge is 0.352 e. The fraction of sp³-hybridized carbons (Fsp3) is 0.471. The summed E-state index contributed by atoms with van der Waals surface area (Å²) in [5.41, 5.74) is 3.70. The zero-order chi connectivity index (χ0) is 13.9. The fourth-order valence-corrected chi connectivity index (χ4v) is 2.99. The highest BCUT2D eigenvalue weighted by Crippen LogP contribution is 2.32. The highest BCUT2D eigenvalue weighted by atomic mass is 15.2. The van der Waals surface area contributed by atoms with Gasteiger partial charge in [0.1, 0.15) is 0 Å². The molecule has 106 valence electrons. The molecule has 1 aromatic heterocycles. The van der Waals surface area contributed by atoms with Crippen molar-refractivity contribution in [3.05, 3.63) is 47.3 Å². The van der Waals surface area contributed by atoms with E-state index >= 15 is 0 Å². The van der Waals surface area contributed by atoms with Gasteiger partial charge in [0.25, 0.3) is 0 Å². The number of imidazole rings is 1. The topological polar surface area (TPSA) is 29.9 Å². The lowest BCUT2D eigenvalue weighted by Crippen LogP contribution is -2.10. The van der Waals surface area contributed by atoms with Crippen molar-refractivity contribution in [3.8, 4) is 0 Å². The molecule has 0 saturated heterocycles. The summed E-state index contributed by atoms with van der Waals surface area (Å²) < 4.78 is 2.34. The molecule has 1 N–H and O–H groups in total. The minimum atomic E-state index is 0.636. The third-order valence-corrected chi connectivity index (χ3v) is 4.14. The second-order valence-corrected chi connectivity index (χ2v) is 5.89. The van der Waals surface area contributed by atoms with E-state index < -0.39 is 0 Å². The van der Waals surface area contributed by atoms with Crippen LogP contribution in [0.2, 0.25) is 0 Å². The molecule has 1 saturated carbocycles. The molecule has 20 heavy (non-hydrogen) atoms. The second-order valence-electron chi connectivity index (χ2n) is 5.89. The van der Waals surface area contributed by atoms with Crippen molar-refractivity contribution in [2.24, 2.45) is 0 Å². The molecule has 1 aromatic carbocycles. The van der Waals surface area contributed by atoms with Crippen LogP contribution in [0.25, 0.3) is 0 Å². The summed E-state index contributed by atoms with van der Waals surface area (Å²) in [6.07, 6.45) is 7.45. The van der Waals surface area contributed by atoms with Crippen LogP contribution >= 0.6 is 0 Å². The fourth-order valence-electron chi connectivity index (χ4n) is 2.99. The van der Waals surface area contributed by atoms with Crippen LogP contribution in [0, 0.1) is 13.8 Å². The Morgan fingerprint density at radius 2 is 1.85 bits per heavy atom. The first-order valence-corrected chi connectivity index (χ1v) is 7.57. The Hall–Kier alpha value is -1.77. The van der Waals surface area contributed by atoms with Crippen molar-refractivity contribution < 1.29 is 0 Å². The lowest BCUT2D eigenvalue weighted by atomic mass is 10.1. The Kier molecular flexibility index (Phi) is 3.77. The average Bonchev–Trinajstić information content (AvgIpc) is 3.07. The molecule has 0 amide bonds. The van der Waals surface area contributed by atoms with E-state index in [2.05, 4.69) is 59.2 Å². The quantitative estimate of drug-likeness (QED) is 0.900. The summed E-state index contributed by atoms with van der Waals surface area (Å²) in [4.78, 5) is 4.64. The number of aryl methyl sites for hydroxylation is 2. The van der Waals surface area contributed by atoms with E-state index in [0.717, 1.165) is 18.2 Å². The molecule has 3 rings (SSSR count). The van der Waals surface area contributed by atoms with Gasteiger partial charge in [-0.05, 0) is 32.3 Å². The molecule has 0 atom stereocenters. The van der Waals surface area contributed by atoms with Crippen LogP contribution in [0.1, 0.15) is 48.5 Å². The molecule has 0 bridgehead atoms. The number of nitrogens with one attached hydrogen (secondary N) is 1. The van der Waals surface area contributed by atoms with Crippen LogP contribution in [0.5, 0.6) is 0 Å². The summed E-state index contributed by atoms with van der Waals surface area (Å²) in [5.74, 6) is 1.02. The molecule has 1 heterocycles. The Balaban J connectivity index is 1.72. The van der Waals surface area contributed by atoms with Gasteiger partial charge in [0.05, 0.1) is 5.69 Å². The number of nitrogens with zero attached hydrogens (tertiary/aromatic N) is 2. The molecule has 3 heteroatoms. The predicted molar refractivity (Wildman–Crippen MR) is 83.0 cm³/mol. The molecule has 2 aromatic rings. The van der Waals surface area contributed by atoms with E-state index in [1.54, 1.807) is 0 Å². The molecule has 3 nitrogen and oxygen atoms in total. The highest BCUT2D eigenvalue weighted by molar-refractivity contribution is 5.32. The minimum absolute atomic E-state index is 0.636. The summed E-state index contributed by atoms with van der Waals surface area (Å²) in [7, 11) is 0. The van der Waals surface area contributed by atoms with E-state index in [1.807, 2.05) is 0 Å². The zero-order valence-electron chi connectivity index (χ0n) is 12.4. The van der Waals surface area contributed by atoms with Gasteiger partial charge in [-0.3, -0.25) is 0 Å². The average molecular weight is 269 g/mol. The number of aromatic nitrogens is 2.